The first-order valence-corrected chi connectivity index (χ1v) is 10.6. The van der Waals surface area contributed by atoms with Gasteiger partial charge in [0.2, 0.25) is 0 Å². The van der Waals surface area contributed by atoms with Crippen molar-refractivity contribution in [3.05, 3.63) is 63.3 Å². The maximum Gasteiger partial charge on any atom is 0.195 e. The zero-order chi connectivity index (χ0) is 19.5. The van der Waals surface area contributed by atoms with Crippen LogP contribution < -0.4 is 10.1 Å². The summed E-state index contributed by atoms with van der Waals surface area (Å²) in [6.45, 7) is 6.34. The zero-order valence-corrected chi connectivity index (χ0v) is 17.7. The molecular formula is C23H23BrN2O2. The van der Waals surface area contributed by atoms with Gasteiger partial charge in [-0.3, -0.25) is 4.79 Å². The van der Waals surface area contributed by atoms with Crippen LogP contribution in [0.1, 0.15) is 53.9 Å². The molecule has 2 N–H and O–H groups in total. The third-order valence-corrected chi connectivity index (χ3v) is 6.60. The Kier molecular flexibility index (Phi) is 4.14. The number of ketones is 1. The van der Waals surface area contributed by atoms with Crippen LogP contribution in [0, 0.1) is 0 Å². The summed E-state index contributed by atoms with van der Waals surface area (Å²) < 4.78 is 7.24. The fraction of sp³-hybridized carbons (Fsp3) is 0.348. The Bertz CT molecular complexity index is 1090. The number of carbonyl (C=O) groups is 1. The van der Waals surface area contributed by atoms with Gasteiger partial charge in [0, 0.05) is 32.0 Å². The second-order valence-electron chi connectivity index (χ2n) is 8.29. The summed E-state index contributed by atoms with van der Waals surface area (Å²) in [5, 5.41) is 4.35. The second-order valence-corrected chi connectivity index (χ2v) is 9.21. The van der Waals surface area contributed by atoms with Crippen molar-refractivity contribution in [3.8, 4) is 5.75 Å². The van der Waals surface area contributed by atoms with E-state index in [1.165, 1.54) is 0 Å². The number of halogens is 1. The van der Waals surface area contributed by atoms with Gasteiger partial charge in [-0.2, -0.15) is 0 Å². The molecule has 2 aromatic carbocycles. The Morgan fingerprint density at radius 3 is 2.68 bits per heavy atom. The lowest BCUT2D eigenvalue weighted by Gasteiger charge is -2.33. The van der Waals surface area contributed by atoms with Gasteiger partial charge in [-0.15, -0.1) is 0 Å². The van der Waals surface area contributed by atoms with Crippen molar-refractivity contribution < 1.29 is 9.53 Å². The highest BCUT2D eigenvalue weighted by Gasteiger charge is 2.40. The number of rotatable bonds is 2. The summed E-state index contributed by atoms with van der Waals surface area (Å²) >= 11 is 3.53. The van der Waals surface area contributed by atoms with Crippen LogP contribution in [0.5, 0.6) is 5.75 Å². The van der Waals surface area contributed by atoms with Crippen molar-refractivity contribution in [3.63, 3.8) is 0 Å². The van der Waals surface area contributed by atoms with E-state index >= 15 is 0 Å². The average molecular weight is 439 g/mol. The molecule has 0 atom stereocenters. The average Bonchev–Trinajstić information content (AvgIpc) is 3.07. The molecule has 0 unspecified atom stereocenters. The molecule has 5 heteroatoms. The van der Waals surface area contributed by atoms with Crippen molar-refractivity contribution >= 4 is 32.6 Å². The third-order valence-electron chi connectivity index (χ3n) is 6.11. The predicted molar refractivity (Wildman–Crippen MR) is 115 cm³/mol. The van der Waals surface area contributed by atoms with Crippen LogP contribution in [0.3, 0.4) is 0 Å². The van der Waals surface area contributed by atoms with Crippen molar-refractivity contribution in [2.24, 2.45) is 0 Å². The van der Waals surface area contributed by atoms with Crippen molar-refractivity contribution in [2.75, 3.05) is 13.1 Å². The minimum absolute atomic E-state index is 0.0892. The molecule has 144 valence electrons. The molecule has 28 heavy (non-hydrogen) atoms. The molecular weight excluding hydrogens is 416 g/mol. The standard InChI is InChI=1S/C23H23BrN2O2/c1-23(2)18-12-15(28-14-7-9-25-10-8-14)4-6-16(18)21(27)20-17-5-3-13(24)11-19(17)26-22(20)23/h3-6,11-12,14,25-26H,7-10H2,1-2H3. The van der Waals surface area contributed by atoms with E-state index in [9.17, 15) is 4.79 Å². The number of H-pyrrole nitrogens is 1. The van der Waals surface area contributed by atoms with Crippen LogP contribution in [-0.4, -0.2) is 30.0 Å². The number of aromatic nitrogens is 1. The smallest absolute Gasteiger partial charge is 0.195 e. The lowest BCUT2D eigenvalue weighted by Crippen LogP contribution is -2.34. The fourth-order valence-electron chi connectivity index (χ4n) is 4.56. The molecule has 3 aromatic rings. The molecule has 0 amide bonds. The van der Waals surface area contributed by atoms with E-state index < -0.39 is 0 Å². The topological polar surface area (TPSA) is 54.1 Å². The maximum atomic E-state index is 13.4. The molecule has 0 bridgehead atoms. The number of benzene rings is 2. The number of nitrogens with one attached hydrogen (secondary N) is 2. The van der Waals surface area contributed by atoms with Crippen molar-refractivity contribution in [1.29, 1.82) is 0 Å². The maximum absolute atomic E-state index is 13.4. The van der Waals surface area contributed by atoms with Gasteiger partial charge >= 0.3 is 0 Å². The number of piperidine rings is 1. The van der Waals surface area contributed by atoms with Gasteiger partial charge in [-0.1, -0.05) is 35.8 Å². The predicted octanol–water partition coefficient (Wildman–Crippen LogP) is 4.93. The number of hydrogen-bond donors (Lipinski definition) is 2. The zero-order valence-electron chi connectivity index (χ0n) is 16.1. The van der Waals surface area contributed by atoms with Crippen LogP contribution in [0.2, 0.25) is 0 Å². The van der Waals surface area contributed by atoms with Crippen LogP contribution in [0.4, 0.5) is 0 Å². The van der Waals surface area contributed by atoms with Crippen molar-refractivity contribution in [2.45, 2.75) is 38.2 Å². The Morgan fingerprint density at radius 1 is 1.11 bits per heavy atom. The largest absolute Gasteiger partial charge is 0.490 e. The highest BCUT2D eigenvalue weighted by molar-refractivity contribution is 9.10. The molecule has 1 saturated heterocycles. The van der Waals surface area contributed by atoms with Gasteiger partial charge < -0.3 is 15.0 Å². The molecule has 1 aliphatic heterocycles. The van der Waals surface area contributed by atoms with Crippen LogP contribution in [0.15, 0.2) is 40.9 Å². The van der Waals surface area contributed by atoms with Gasteiger partial charge in [0.25, 0.3) is 0 Å². The lowest BCUT2D eigenvalue weighted by molar-refractivity contribution is 0.103. The fourth-order valence-corrected chi connectivity index (χ4v) is 4.92. The molecule has 2 aliphatic rings. The first-order valence-electron chi connectivity index (χ1n) is 9.83. The molecule has 0 saturated carbocycles. The lowest BCUT2D eigenvalue weighted by atomic mass is 9.71. The van der Waals surface area contributed by atoms with Gasteiger partial charge in [0.05, 0.1) is 5.56 Å². The normalized spacial score (nSPS) is 18.8. The quantitative estimate of drug-likeness (QED) is 0.596. The molecule has 1 aliphatic carbocycles. The van der Waals surface area contributed by atoms with Gasteiger partial charge in [-0.05, 0) is 61.8 Å². The molecule has 4 nitrogen and oxygen atoms in total. The Morgan fingerprint density at radius 2 is 1.89 bits per heavy atom. The Labute approximate surface area is 172 Å². The SMILES string of the molecule is CC1(C)c2cc(OC3CCNCC3)ccc2C(=O)c2c1[nH]c1cc(Br)ccc21. The van der Waals surface area contributed by atoms with E-state index in [0.29, 0.717) is 0 Å². The number of fused-ring (bicyclic) bond motifs is 4. The van der Waals surface area contributed by atoms with E-state index in [0.717, 1.165) is 69.4 Å². The highest BCUT2D eigenvalue weighted by Crippen LogP contribution is 2.45. The van der Waals surface area contributed by atoms with E-state index in [2.05, 4.69) is 46.1 Å². The van der Waals surface area contributed by atoms with Crippen LogP contribution in [-0.2, 0) is 5.41 Å². The van der Waals surface area contributed by atoms with Gasteiger partial charge in [0.1, 0.15) is 11.9 Å². The highest BCUT2D eigenvalue weighted by atomic mass is 79.9. The van der Waals surface area contributed by atoms with Crippen LogP contribution >= 0.6 is 15.9 Å². The molecule has 0 spiro atoms. The second kappa shape index (κ2) is 6.46. The van der Waals surface area contributed by atoms with E-state index in [1.54, 1.807) is 0 Å². The summed E-state index contributed by atoms with van der Waals surface area (Å²) in [5.74, 6) is 0.945. The van der Waals surface area contributed by atoms with E-state index in [1.807, 2.05) is 30.3 Å². The first kappa shape index (κ1) is 18.0. The van der Waals surface area contributed by atoms with Gasteiger partial charge in [0.15, 0.2) is 5.78 Å². The van der Waals surface area contributed by atoms with Crippen LogP contribution in [0.25, 0.3) is 10.9 Å². The monoisotopic (exact) mass is 438 g/mol. The molecule has 5 rings (SSSR count). The van der Waals surface area contributed by atoms with Crippen molar-refractivity contribution in [1.82, 2.24) is 10.3 Å². The summed E-state index contributed by atoms with van der Waals surface area (Å²) in [4.78, 5) is 16.9. The summed E-state index contributed by atoms with van der Waals surface area (Å²) in [5.41, 5.74) is 4.27. The third kappa shape index (κ3) is 2.72. The first-order chi connectivity index (χ1) is 13.4. The number of aromatic amines is 1. The Hall–Kier alpha value is -2.11. The number of hydrogen-bond acceptors (Lipinski definition) is 3. The molecule has 1 fully saturated rings. The minimum atomic E-state index is -0.308. The number of ether oxygens (including phenoxy) is 1. The van der Waals surface area contributed by atoms with Gasteiger partial charge in [-0.25, -0.2) is 0 Å². The molecule has 1 aromatic heterocycles. The minimum Gasteiger partial charge on any atom is -0.490 e. The summed E-state index contributed by atoms with van der Waals surface area (Å²) in [6, 6.07) is 12.0. The Balaban J connectivity index is 1.60. The summed E-state index contributed by atoms with van der Waals surface area (Å²) in [7, 11) is 0. The molecule has 2 heterocycles. The number of carbonyl (C=O) groups excluding carboxylic acids is 1. The molecule has 0 radical (unpaired) electrons. The summed E-state index contributed by atoms with van der Waals surface area (Å²) in [6.07, 6.45) is 2.27. The van der Waals surface area contributed by atoms with E-state index in [-0.39, 0.29) is 17.3 Å². The van der Waals surface area contributed by atoms with E-state index in [4.69, 9.17) is 4.74 Å².